The number of ether oxygens (including phenoxy) is 2. The number of methoxy groups -OCH3 is 1. The predicted molar refractivity (Wildman–Crippen MR) is 126 cm³/mol. The van der Waals surface area contributed by atoms with Gasteiger partial charge in [0.15, 0.2) is 5.01 Å². The van der Waals surface area contributed by atoms with E-state index in [1.807, 2.05) is 6.92 Å². The molecule has 11 nitrogen and oxygen atoms in total. The summed E-state index contributed by atoms with van der Waals surface area (Å²) in [6.45, 7) is 2.46. The van der Waals surface area contributed by atoms with Gasteiger partial charge >= 0.3 is 0 Å². The molecule has 0 spiro atoms. The lowest BCUT2D eigenvalue weighted by molar-refractivity contribution is 0.0894. The molecule has 1 saturated carbocycles. The van der Waals surface area contributed by atoms with Gasteiger partial charge in [0.2, 0.25) is 15.9 Å². The Hall–Kier alpha value is -3.16. The minimum atomic E-state index is -3.42. The molecule has 34 heavy (non-hydrogen) atoms. The molecular weight excluding hydrogens is 480 g/mol. The zero-order chi connectivity index (χ0) is 24.1. The zero-order valence-corrected chi connectivity index (χ0v) is 20.2. The van der Waals surface area contributed by atoms with Gasteiger partial charge in [-0.2, -0.15) is 0 Å². The lowest BCUT2D eigenvalue weighted by Gasteiger charge is -2.18. The summed E-state index contributed by atoms with van der Waals surface area (Å²) in [6, 6.07) is 2.54. The largest absolute Gasteiger partial charge is 0.477 e. The van der Waals surface area contributed by atoms with Crippen molar-refractivity contribution in [3.8, 4) is 16.5 Å². The van der Waals surface area contributed by atoms with E-state index in [0.717, 1.165) is 11.3 Å². The van der Waals surface area contributed by atoms with Crippen molar-refractivity contribution in [2.45, 2.75) is 31.1 Å². The highest BCUT2D eigenvalue weighted by Gasteiger charge is 2.35. The number of amides is 1. The second-order valence-corrected chi connectivity index (χ2v) is 10.5. The number of aromatic nitrogens is 4. The van der Waals surface area contributed by atoms with E-state index in [0.29, 0.717) is 47.3 Å². The van der Waals surface area contributed by atoms with E-state index in [2.05, 4.69) is 30.0 Å². The van der Waals surface area contributed by atoms with Gasteiger partial charge in [0.1, 0.15) is 5.69 Å². The maximum atomic E-state index is 12.9. The Morgan fingerprint density at radius 3 is 2.82 bits per heavy atom. The SMILES string of the molecule is CCOc1cncc(-c2cnc(C(=O)N[C@H](COC)c3cc(NS(=O)(=O)C4CC4)ccn3)s2)n1. The van der Waals surface area contributed by atoms with Crippen molar-refractivity contribution in [2.24, 2.45) is 0 Å². The number of carbonyl (C=O) groups excluding carboxylic acids is 1. The summed E-state index contributed by atoms with van der Waals surface area (Å²) in [5.74, 6) is -0.0270. The van der Waals surface area contributed by atoms with Crippen LogP contribution in [0.3, 0.4) is 0 Å². The molecule has 3 heterocycles. The third-order valence-corrected chi connectivity index (χ3v) is 7.75. The average molecular weight is 505 g/mol. The minimum Gasteiger partial charge on any atom is -0.477 e. The molecule has 1 amide bonds. The van der Waals surface area contributed by atoms with E-state index >= 15 is 0 Å². The molecule has 0 unspecified atom stereocenters. The van der Waals surface area contributed by atoms with Crippen LogP contribution in [0.25, 0.3) is 10.6 Å². The predicted octanol–water partition coefficient (Wildman–Crippen LogP) is 2.42. The van der Waals surface area contributed by atoms with Crippen LogP contribution in [-0.4, -0.2) is 59.8 Å². The average Bonchev–Trinajstić information content (AvgIpc) is 3.57. The van der Waals surface area contributed by atoms with Gasteiger partial charge in [-0.05, 0) is 31.9 Å². The normalized spacial score (nSPS) is 14.4. The van der Waals surface area contributed by atoms with E-state index in [1.54, 1.807) is 24.5 Å². The van der Waals surface area contributed by atoms with E-state index in [4.69, 9.17) is 9.47 Å². The van der Waals surface area contributed by atoms with Crippen LogP contribution in [0.4, 0.5) is 5.69 Å². The zero-order valence-electron chi connectivity index (χ0n) is 18.6. The number of carbonyl (C=O) groups is 1. The van der Waals surface area contributed by atoms with Crippen LogP contribution in [0.15, 0.2) is 36.9 Å². The quantitative estimate of drug-likeness (QED) is 0.402. The highest BCUT2D eigenvalue weighted by molar-refractivity contribution is 7.93. The van der Waals surface area contributed by atoms with Gasteiger partial charge < -0.3 is 14.8 Å². The molecule has 0 saturated heterocycles. The van der Waals surface area contributed by atoms with Gasteiger partial charge in [0.25, 0.3) is 5.91 Å². The molecule has 1 atom stereocenters. The van der Waals surface area contributed by atoms with Crippen LogP contribution in [0.5, 0.6) is 5.88 Å². The first-order chi connectivity index (χ1) is 16.4. The summed E-state index contributed by atoms with van der Waals surface area (Å²) in [5.41, 5.74) is 1.39. The molecule has 1 aliphatic rings. The maximum absolute atomic E-state index is 12.9. The highest BCUT2D eigenvalue weighted by atomic mass is 32.2. The molecular formula is C21H24N6O5S2. The first kappa shape index (κ1) is 24.0. The molecule has 4 rings (SSSR count). The second kappa shape index (κ2) is 10.4. The number of nitrogens with one attached hydrogen (secondary N) is 2. The Bertz CT molecular complexity index is 1260. The summed E-state index contributed by atoms with van der Waals surface area (Å²) < 4.78 is 37.7. The number of sulfonamides is 1. The fraction of sp³-hybridized carbons (Fsp3) is 0.381. The second-order valence-electron chi connectivity index (χ2n) is 7.50. The topological polar surface area (TPSA) is 145 Å². The van der Waals surface area contributed by atoms with Crippen molar-refractivity contribution >= 4 is 33.0 Å². The Labute approximate surface area is 201 Å². The molecule has 180 valence electrons. The summed E-state index contributed by atoms with van der Waals surface area (Å²) >= 11 is 1.16. The summed E-state index contributed by atoms with van der Waals surface area (Å²) in [4.78, 5) is 30.6. The fourth-order valence-electron chi connectivity index (χ4n) is 3.10. The third kappa shape index (κ3) is 5.85. The Kier molecular flexibility index (Phi) is 7.34. The number of nitrogens with zero attached hydrogens (tertiary/aromatic N) is 4. The van der Waals surface area contributed by atoms with E-state index in [1.165, 1.54) is 19.5 Å². The molecule has 0 bridgehead atoms. The number of pyridine rings is 1. The van der Waals surface area contributed by atoms with Crippen LogP contribution in [0.2, 0.25) is 0 Å². The third-order valence-electron chi connectivity index (χ3n) is 4.86. The monoisotopic (exact) mass is 504 g/mol. The number of thiazole rings is 1. The van der Waals surface area contributed by atoms with Crippen molar-refractivity contribution in [1.82, 2.24) is 25.3 Å². The number of rotatable bonds is 11. The Morgan fingerprint density at radius 2 is 2.09 bits per heavy atom. The molecule has 3 aromatic rings. The molecule has 2 N–H and O–H groups in total. The molecule has 0 aromatic carbocycles. The van der Waals surface area contributed by atoms with Crippen molar-refractivity contribution in [2.75, 3.05) is 25.0 Å². The van der Waals surface area contributed by atoms with Crippen LogP contribution in [0, 0.1) is 0 Å². The van der Waals surface area contributed by atoms with Gasteiger partial charge in [-0.3, -0.25) is 19.5 Å². The lowest BCUT2D eigenvalue weighted by Crippen LogP contribution is -2.32. The highest BCUT2D eigenvalue weighted by Crippen LogP contribution is 2.30. The van der Waals surface area contributed by atoms with Crippen molar-refractivity contribution < 1.29 is 22.7 Å². The summed E-state index contributed by atoms with van der Waals surface area (Å²) in [6.07, 6.45) is 7.45. The van der Waals surface area contributed by atoms with Crippen molar-refractivity contribution in [3.63, 3.8) is 0 Å². The van der Waals surface area contributed by atoms with Crippen LogP contribution in [0.1, 0.15) is 41.3 Å². The molecule has 3 aromatic heterocycles. The number of hydrogen-bond acceptors (Lipinski definition) is 10. The van der Waals surface area contributed by atoms with E-state index < -0.39 is 22.0 Å². The first-order valence-electron chi connectivity index (χ1n) is 10.6. The molecule has 1 aliphatic carbocycles. The maximum Gasteiger partial charge on any atom is 0.280 e. The van der Waals surface area contributed by atoms with Crippen LogP contribution < -0.4 is 14.8 Å². The van der Waals surface area contributed by atoms with Gasteiger partial charge in [-0.1, -0.05) is 0 Å². The molecule has 1 fully saturated rings. The molecule has 0 radical (unpaired) electrons. The van der Waals surface area contributed by atoms with Gasteiger partial charge in [0.05, 0.1) is 53.2 Å². The van der Waals surface area contributed by atoms with Gasteiger partial charge in [-0.15, -0.1) is 11.3 Å². The molecule has 13 heteroatoms. The van der Waals surface area contributed by atoms with Crippen LogP contribution in [-0.2, 0) is 14.8 Å². The van der Waals surface area contributed by atoms with Crippen molar-refractivity contribution in [1.29, 1.82) is 0 Å². The summed E-state index contributed by atoms with van der Waals surface area (Å²) in [7, 11) is -1.91. The lowest BCUT2D eigenvalue weighted by atomic mass is 10.2. The van der Waals surface area contributed by atoms with E-state index in [9.17, 15) is 13.2 Å². The summed E-state index contributed by atoms with van der Waals surface area (Å²) in [5, 5.41) is 2.73. The van der Waals surface area contributed by atoms with Crippen LogP contribution >= 0.6 is 11.3 Å². The van der Waals surface area contributed by atoms with Crippen molar-refractivity contribution in [3.05, 3.63) is 47.6 Å². The Balaban J connectivity index is 1.49. The standard InChI is InChI=1S/C21H24N6O5S2/c1-3-32-19-11-22-9-16(25-19)18-10-24-21(33-18)20(28)26-17(12-31-2)15-8-13(6-7-23-15)27-34(29,30)14-4-5-14/h6-11,14,17H,3-5,12H2,1-2H3,(H,23,27)(H,26,28)/t17-/m1/s1. The fourth-order valence-corrected chi connectivity index (χ4v) is 5.25. The Morgan fingerprint density at radius 1 is 1.26 bits per heavy atom. The first-order valence-corrected chi connectivity index (χ1v) is 12.9. The molecule has 0 aliphatic heterocycles. The number of anilines is 1. The van der Waals surface area contributed by atoms with Gasteiger partial charge in [0, 0.05) is 19.5 Å². The number of hydrogen-bond donors (Lipinski definition) is 2. The smallest absolute Gasteiger partial charge is 0.280 e. The minimum absolute atomic E-state index is 0.137. The van der Waals surface area contributed by atoms with Gasteiger partial charge in [-0.25, -0.2) is 18.4 Å². The van der Waals surface area contributed by atoms with E-state index in [-0.39, 0.29) is 16.9 Å².